The molecule has 33 heavy (non-hydrogen) atoms. The molecule has 2 fully saturated rings. The van der Waals surface area contributed by atoms with Gasteiger partial charge >= 0.3 is 11.9 Å². The van der Waals surface area contributed by atoms with E-state index in [1.807, 2.05) is 0 Å². The lowest BCUT2D eigenvalue weighted by Gasteiger charge is -2.27. The molecule has 4 rings (SSSR count). The van der Waals surface area contributed by atoms with Gasteiger partial charge in [-0.05, 0) is 25.3 Å². The van der Waals surface area contributed by atoms with Gasteiger partial charge in [0.1, 0.15) is 9.88 Å². The zero-order chi connectivity index (χ0) is 23.5. The van der Waals surface area contributed by atoms with Crippen LogP contribution >= 0.6 is 23.1 Å². The maximum absolute atomic E-state index is 12.7. The third-order valence-electron chi connectivity index (χ3n) is 5.34. The zero-order valence-corrected chi connectivity index (χ0v) is 20.2. The number of carbonyl (C=O) groups excluding carboxylic acids is 3. The highest BCUT2D eigenvalue weighted by Crippen LogP contribution is 2.41. The summed E-state index contributed by atoms with van der Waals surface area (Å²) in [6.45, 7) is 4.43. The molecule has 2 aromatic rings. The minimum atomic E-state index is -0.634. The van der Waals surface area contributed by atoms with Crippen LogP contribution in [0.15, 0.2) is 5.16 Å². The lowest BCUT2D eigenvalue weighted by Crippen LogP contribution is -2.38. The summed E-state index contributed by atoms with van der Waals surface area (Å²) in [5.74, 6) is -0.662. The van der Waals surface area contributed by atoms with Crippen molar-refractivity contribution < 1.29 is 28.6 Å². The van der Waals surface area contributed by atoms with Crippen LogP contribution in [0.25, 0.3) is 0 Å². The molecule has 0 spiro atoms. The molecule has 1 amide bonds. The number of thioether (sulfide) groups is 1. The number of anilines is 2. The molecule has 1 aliphatic carbocycles. The first-order valence-corrected chi connectivity index (χ1v) is 12.2. The Morgan fingerprint density at radius 2 is 1.85 bits per heavy atom. The Morgan fingerprint density at radius 1 is 1.15 bits per heavy atom. The number of ether oxygens (including phenoxy) is 3. The van der Waals surface area contributed by atoms with Crippen molar-refractivity contribution in [3.63, 3.8) is 0 Å². The molecule has 0 radical (unpaired) electrons. The van der Waals surface area contributed by atoms with Crippen LogP contribution in [-0.4, -0.2) is 78.9 Å². The van der Waals surface area contributed by atoms with Crippen molar-refractivity contribution in [1.82, 2.24) is 14.8 Å². The van der Waals surface area contributed by atoms with Crippen molar-refractivity contribution in [2.24, 2.45) is 0 Å². The molecule has 1 N–H and O–H groups in total. The fourth-order valence-corrected chi connectivity index (χ4v) is 5.46. The zero-order valence-electron chi connectivity index (χ0n) is 18.6. The van der Waals surface area contributed by atoms with Crippen molar-refractivity contribution >= 4 is 51.9 Å². The lowest BCUT2D eigenvalue weighted by molar-refractivity contribution is -0.113. The SMILES string of the molecule is COC(=O)c1sc(NC(=O)CSc2nnc(N3CCOCC3)n2C2CC2)c(C(=O)OC)c1C. The number of hydrogen-bond donors (Lipinski definition) is 1. The summed E-state index contributed by atoms with van der Waals surface area (Å²) >= 11 is 2.27. The minimum Gasteiger partial charge on any atom is -0.465 e. The number of nitrogens with one attached hydrogen (secondary N) is 1. The molecule has 0 atom stereocenters. The number of thiophene rings is 1. The average molecular weight is 496 g/mol. The van der Waals surface area contributed by atoms with Gasteiger partial charge in [0.25, 0.3) is 0 Å². The van der Waals surface area contributed by atoms with E-state index in [-0.39, 0.29) is 27.1 Å². The Bertz CT molecular complexity index is 1060. The van der Waals surface area contributed by atoms with E-state index in [9.17, 15) is 14.4 Å². The van der Waals surface area contributed by atoms with Gasteiger partial charge in [0.2, 0.25) is 11.9 Å². The summed E-state index contributed by atoms with van der Waals surface area (Å²) in [6, 6.07) is 0.344. The summed E-state index contributed by atoms with van der Waals surface area (Å²) in [6.07, 6.45) is 2.12. The van der Waals surface area contributed by atoms with Gasteiger partial charge in [-0.2, -0.15) is 0 Å². The summed E-state index contributed by atoms with van der Waals surface area (Å²) in [5.41, 5.74) is 0.558. The molecular weight excluding hydrogens is 470 g/mol. The molecule has 0 unspecified atom stereocenters. The number of aromatic nitrogens is 3. The normalized spacial score (nSPS) is 15.9. The number of nitrogens with zero attached hydrogens (tertiary/aromatic N) is 4. The summed E-state index contributed by atoms with van der Waals surface area (Å²) < 4.78 is 17.1. The number of carbonyl (C=O) groups is 3. The Balaban J connectivity index is 1.48. The second-order valence-electron chi connectivity index (χ2n) is 7.56. The van der Waals surface area contributed by atoms with Crippen LogP contribution in [0.2, 0.25) is 0 Å². The summed E-state index contributed by atoms with van der Waals surface area (Å²) in [7, 11) is 2.50. The van der Waals surface area contributed by atoms with Crippen LogP contribution in [0, 0.1) is 6.92 Å². The predicted octanol–water partition coefficient (Wildman–Crippen LogP) is 2.12. The molecule has 1 saturated heterocycles. The van der Waals surface area contributed by atoms with Crippen molar-refractivity contribution in [3.8, 4) is 0 Å². The number of amides is 1. The maximum atomic E-state index is 12.7. The van der Waals surface area contributed by atoms with E-state index in [1.165, 1.54) is 26.0 Å². The molecular formula is C20H25N5O6S2. The van der Waals surface area contributed by atoms with Gasteiger partial charge in [0, 0.05) is 19.1 Å². The highest BCUT2D eigenvalue weighted by Gasteiger charge is 2.32. The summed E-state index contributed by atoms with van der Waals surface area (Å²) in [4.78, 5) is 39.4. The van der Waals surface area contributed by atoms with Gasteiger partial charge in [-0.3, -0.25) is 9.36 Å². The molecule has 1 saturated carbocycles. The average Bonchev–Trinajstić information content (AvgIpc) is 3.50. The fourth-order valence-electron chi connectivity index (χ4n) is 3.53. The predicted molar refractivity (Wildman–Crippen MR) is 122 cm³/mol. The minimum absolute atomic E-state index is 0.0685. The molecule has 3 heterocycles. The molecule has 1 aliphatic heterocycles. The number of hydrogen-bond acceptors (Lipinski definition) is 11. The Morgan fingerprint density at radius 3 is 2.48 bits per heavy atom. The molecule has 2 aliphatic rings. The van der Waals surface area contributed by atoms with Crippen LogP contribution in [0.4, 0.5) is 10.9 Å². The van der Waals surface area contributed by atoms with Crippen molar-refractivity contribution in [3.05, 3.63) is 16.0 Å². The van der Waals surface area contributed by atoms with E-state index >= 15 is 0 Å². The Hall–Kier alpha value is -2.64. The fraction of sp³-hybridized carbons (Fsp3) is 0.550. The molecule has 0 bridgehead atoms. The lowest BCUT2D eigenvalue weighted by atomic mass is 10.1. The van der Waals surface area contributed by atoms with Gasteiger partial charge in [0.05, 0.1) is 38.7 Å². The van der Waals surface area contributed by atoms with E-state index in [1.54, 1.807) is 6.92 Å². The summed E-state index contributed by atoms with van der Waals surface area (Å²) in [5, 5.41) is 12.4. The Labute approximate surface area is 198 Å². The third-order valence-corrected chi connectivity index (χ3v) is 7.48. The Kier molecular flexibility index (Phi) is 7.20. The van der Waals surface area contributed by atoms with Crippen molar-refractivity contribution in [2.75, 3.05) is 56.5 Å². The molecule has 0 aromatic carbocycles. The molecule has 178 valence electrons. The first-order valence-electron chi connectivity index (χ1n) is 10.4. The number of esters is 2. The largest absolute Gasteiger partial charge is 0.465 e. The van der Waals surface area contributed by atoms with Crippen molar-refractivity contribution in [1.29, 1.82) is 0 Å². The van der Waals surface area contributed by atoms with Gasteiger partial charge < -0.3 is 24.4 Å². The highest BCUT2D eigenvalue weighted by atomic mass is 32.2. The smallest absolute Gasteiger partial charge is 0.348 e. The van der Waals surface area contributed by atoms with E-state index in [0.29, 0.717) is 30.0 Å². The van der Waals surface area contributed by atoms with E-state index in [0.717, 1.165) is 43.2 Å². The van der Waals surface area contributed by atoms with Crippen LogP contribution in [0.5, 0.6) is 0 Å². The van der Waals surface area contributed by atoms with Crippen LogP contribution in [0.1, 0.15) is 44.5 Å². The van der Waals surface area contributed by atoms with Crippen molar-refractivity contribution in [2.45, 2.75) is 31.0 Å². The monoisotopic (exact) mass is 495 g/mol. The standard InChI is InChI=1S/C20H25N5O6S2/c1-11-14(17(27)29-2)16(33-15(11)18(28)30-3)21-13(26)10-32-20-23-22-19(25(20)12-4-5-12)24-6-8-31-9-7-24/h12H,4-10H2,1-3H3,(H,21,26). The van der Waals surface area contributed by atoms with Gasteiger partial charge in [-0.15, -0.1) is 21.5 Å². The van der Waals surface area contributed by atoms with E-state index < -0.39 is 11.9 Å². The third kappa shape index (κ3) is 4.99. The number of morpholine rings is 1. The quantitative estimate of drug-likeness (QED) is 0.430. The van der Waals surface area contributed by atoms with Gasteiger partial charge in [-0.25, -0.2) is 9.59 Å². The van der Waals surface area contributed by atoms with E-state index in [4.69, 9.17) is 14.2 Å². The topological polar surface area (TPSA) is 125 Å². The number of rotatable bonds is 8. The second kappa shape index (κ2) is 10.1. The van der Waals surface area contributed by atoms with Gasteiger partial charge in [0.15, 0.2) is 5.16 Å². The van der Waals surface area contributed by atoms with Gasteiger partial charge in [-0.1, -0.05) is 11.8 Å². The van der Waals surface area contributed by atoms with Crippen LogP contribution in [0.3, 0.4) is 0 Å². The van der Waals surface area contributed by atoms with E-state index in [2.05, 4.69) is 25.0 Å². The first kappa shape index (κ1) is 23.5. The van der Waals surface area contributed by atoms with Crippen LogP contribution < -0.4 is 10.2 Å². The second-order valence-corrected chi connectivity index (χ2v) is 9.53. The molecule has 2 aromatic heterocycles. The first-order chi connectivity index (χ1) is 15.9. The molecule has 13 heteroatoms. The number of methoxy groups -OCH3 is 2. The maximum Gasteiger partial charge on any atom is 0.348 e. The van der Waals surface area contributed by atoms with Crippen LogP contribution in [-0.2, 0) is 19.0 Å². The molecule has 11 nitrogen and oxygen atoms in total. The highest BCUT2D eigenvalue weighted by molar-refractivity contribution is 7.99.